The second-order valence-corrected chi connectivity index (χ2v) is 7.15. The molecule has 2 aromatic rings. The first-order valence-corrected chi connectivity index (χ1v) is 9.33. The molecule has 3 rings (SSSR count). The number of hydrogen-bond acceptors (Lipinski definition) is 4. The molecule has 1 aliphatic rings. The van der Waals surface area contributed by atoms with E-state index in [4.69, 9.17) is 9.73 Å². The van der Waals surface area contributed by atoms with Gasteiger partial charge in [0.05, 0.1) is 19.6 Å². The summed E-state index contributed by atoms with van der Waals surface area (Å²) in [6.45, 7) is 1.93. The number of nitrogens with one attached hydrogen (secondary N) is 1. The van der Waals surface area contributed by atoms with Gasteiger partial charge in [-0.1, -0.05) is 18.2 Å². The van der Waals surface area contributed by atoms with Gasteiger partial charge in [-0.3, -0.25) is 9.79 Å². The van der Waals surface area contributed by atoms with E-state index >= 15 is 0 Å². The minimum Gasteiger partial charge on any atom is -0.497 e. The molecule has 2 aromatic carbocycles. The van der Waals surface area contributed by atoms with E-state index in [0.29, 0.717) is 6.42 Å². The Hall–Kier alpha value is -2.27. The summed E-state index contributed by atoms with van der Waals surface area (Å²) in [7, 11) is 1.62. The highest BCUT2D eigenvalue weighted by Crippen LogP contribution is 2.38. The van der Waals surface area contributed by atoms with Gasteiger partial charge in [0.2, 0.25) is 5.91 Å². The Bertz CT molecular complexity index is 772. The monoisotopic (exact) mass is 354 g/mol. The number of aliphatic imine (C=N–C) groups is 1. The smallest absolute Gasteiger partial charge is 0.230 e. The Morgan fingerprint density at radius 1 is 1.24 bits per heavy atom. The van der Waals surface area contributed by atoms with Crippen molar-refractivity contribution in [2.24, 2.45) is 4.99 Å². The number of hydrogen-bond donors (Lipinski definition) is 1. The molecule has 1 aliphatic heterocycles. The minimum atomic E-state index is -0.0510. The second-order valence-electron chi connectivity index (χ2n) is 6.01. The molecule has 1 N–H and O–H groups in total. The molecule has 5 heteroatoms. The van der Waals surface area contributed by atoms with Crippen LogP contribution in [0.25, 0.3) is 0 Å². The highest BCUT2D eigenvalue weighted by Gasteiger charge is 2.19. The predicted molar refractivity (Wildman–Crippen MR) is 104 cm³/mol. The molecule has 0 aliphatic carbocycles. The van der Waals surface area contributed by atoms with Gasteiger partial charge in [-0.2, -0.15) is 0 Å². The Balaban J connectivity index is 1.62. The summed E-state index contributed by atoms with van der Waals surface area (Å²) in [4.78, 5) is 18.3. The van der Waals surface area contributed by atoms with Crippen LogP contribution in [0.2, 0.25) is 0 Å². The lowest BCUT2D eigenvalue weighted by atomic mass is 10.0. The van der Waals surface area contributed by atoms with Crippen LogP contribution in [0, 0.1) is 0 Å². The average molecular weight is 354 g/mol. The number of ether oxygens (including phenoxy) is 1. The van der Waals surface area contributed by atoms with Gasteiger partial charge in [-0.05, 0) is 49.2 Å². The predicted octanol–water partition coefficient (Wildman–Crippen LogP) is 4.72. The molecule has 0 spiro atoms. The van der Waals surface area contributed by atoms with E-state index in [1.54, 1.807) is 7.11 Å². The van der Waals surface area contributed by atoms with Crippen molar-refractivity contribution in [1.29, 1.82) is 0 Å². The zero-order valence-electron chi connectivity index (χ0n) is 14.5. The minimum absolute atomic E-state index is 0.0510. The molecule has 0 fully saturated rings. The van der Waals surface area contributed by atoms with Crippen molar-refractivity contribution in [1.82, 2.24) is 0 Å². The molecule has 0 saturated heterocycles. The normalized spacial score (nSPS) is 16.9. The van der Waals surface area contributed by atoms with Crippen LogP contribution >= 0.6 is 11.8 Å². The molecule has 130 valence electrons. The zero-order chi connectivity index (χ0) is 17.6. The van der Waals surface area contributed by atoms with Crippen LogP contribution < -0.4 is 10.1 Å². The molecular weight excluding hydrogens is 332 g/mol. The molecular formula is C20H22N2O2S. The second kappa shape index (κ2) is 8.21. The van der Waals surface area contributed by atoms with E-state index in [1.807, 2.05) is 43.0 Å². The Labute approximate surface area is 152 Å². The maximum absolute atomic E-state index is 12.2. The Morgan fingerprint density at radius 2 is 2.00 bits per heavy atom. The first-order chi connectivity index (χ1) is 12.2. The third-order valence-corrected chi connectivity index (χ3v) is 5.22. The quantitative estimate of drug-likeness (QED) is 0.790. The van der Waals surface area contributed by atoms with Gasteiger partial charge in [-0.25, -0.2) is 0 Å². The summed E-state index contributed by atoms with van der Waals surface area (Å²) in [6, 6.07) is 15.9. The van der Waals surface area contributed by atoms with Crippen LogP contribution in [-0.4, -0.2) is 24.5 Å². The highest BCUT2D eigenvalue weighted by molar-refractivity contribution is 7.99. The van der Waals surface area contributed by atoms with Gasteiger partial charge in [0, 0.05) is 22.0 Å². The third-order valence-electron chi connectivity index (χ3n) is 4.09. The fourth-order valence-corrected chi connectivity index (χ4v) is 3.99. The third kappa shape index (κ3) is 4.63. The lowest BCUT2D eigenvalue weighted by molar-refractivity contribution is -0.115. The highest BCUT2D eigenvalue weighted by atomic mass is 32.2. The van der Waals surface area contributed by atoms with Crippen molar-refractivity contribution in [2.45, 2.75) is 30.7 Å². The van der Waals surface area contributed by atoms with E-state index in [0.717, 1.165) is 29.3 Å². The average Bonchev–Trinajstić information content (AvgIpc) is 2.62. The van der Waals surface area contributed by atoms with Crippen LogP contribution in [0.5, 0.6) is 5.75 Å². The summed E-state index contributed by atoms with van der Waals surface area (Å²) < 4.78 is 5.12. The number of fused-ring (bicyclic) bond motifs is 1. The summed E-state index contributed by atoms with van der Waals surface area (Å²) in [6.07, 6.45) is 1.32. The van der Waals surface area contributed by atoms with E-state index in [2.05, 4.69) is 29.6 Å². The van der Waals surface area contributed by atoms with E-state index in [-0.39, 0.29) is 11.9 Å². The summed E-state index contributed by atoms with van der Waals surface area (Å²) in [5.41, 5.74) is 2.89. The molecule has 1 heterocycles. The number of benzene rings is 2. The summed E-state index contributed by atoms with van der Waals surface area (Å²) in [5.74, 6) is 1.78. The Kier molecular flexibility index (Phi) is 5.76. The van der Waals surface area contributed by atoms with Gasteiger partial charge < -0.3 is 10.1 Å². The van der Waals surface area contributed by atoms with Gasteiger partial charge in [0.15, 0.2) is 0 Å². The van der Waals surface area contributed by atoms with Crippen LogP contribution in [0.3, 0.4) is 0 Å². The fourth-order valence-electron chi connectivity index (χ4n) is 2.88. The molecule has 1 amide bonds. The molecule has 0 unspecified atom stereocenters. The first-order valence-electron chi connectivity index (χ1n) is 8.34. The molecule has 25 heavy (non-hydrogen) atoms. The zero-order valence-corrected chi connectivity index (χ0v) is 15.3. The Morgan fingerprint density at radius 3 is 2.76 bits per heavy atom. The molecule has 4 nitrogen and oxygen atoms in total. The maximum Gasteiger partial charge on any atom is 0.230 e. The van der Waals surface area contributed by atoms with Crippen molar-refractivity contribution < 1.29 is 9.53 Å². The summed E-state index contributed by atoms with van der Waals surface area (Å²) in [5, 5.41) is 2.90. The molecule has 0 aromatic heterocycles. The number of methoxy groups -OCH3 is 1. The fraction of sp³-hybridized carbons (Fsp3) is 0.300. The van der Waals surface area contributed by atoms with Crippen molar-refractivity contribution >= 4 is 29.1 Å². The lowest BCUT2D eigenvalue weighted by Gasteiger charge is -2.22. The standard InChI is InChI=1S/C20H22N2O2S/c1-14(13-20(23)22-15-7-9-16(24-2)10-8-15)21-18-11-12-25-19-6-4-3-5-17(18)19/h3-10,18H,11-13H2,1-2H3,(H,22,23)/t18-/m0/s1. The van der Waals surface area contributed by atoms with Crippen LogP contribution in [0.1, 0.15) is 31.4 Å². The van der Waals surface area contributed by atoms with Crippen molar-refractivity contribution in [3.63, 3.8) is 0 Å². The first kappa shape index (κ1) is 17.5. The van der Waals surface area contributed by atoms with Crippen molar-refractivity contribution in [3.8, 4) is 5.75 Å². The van der Waals surface area contributed by atoms with Crippen molar-refractivity contribution in [2.75, 3.05) is 18.2 Å². The number of nitrogens with zero attached hydrogens (tertiary/aromatic N) is 1. The molecule has 1 atom stereocenters. The van der Waals surface area contributed by atoms with Gasteiger partial charge in [0.1, 0.15) is 5.75 Å². The van der Waals surface area contributed by atoms with Gasteiger partial charge in [0.25, 0.3) is 0 Å². The van der Waals surface area contributed by atoms with Crippen LogP contribution in [-0.2, 0) is 4.79 Å². The van der Waals surface area contributed by atoms with E-state index < -0.39 is 0 Å². The van der Waals surface area contributed by atoms with Crippen LogP contribution in [0.4, 0.5) is 5.69 Å². The number of carbonyl (C=O) groups is 1. The van der Waals surface area contributed by atoms with E-state index in [1.165, 1.54) is 10.5 Å². The van der Waals surface area contributed by atoms with E-state index in [9.17, 15) is 4.79 Å². The topological polar surface area (TPSA) is 50.7 Å². The number of rotatable bonds is 5. The number of carbonyl (C=O) groups excluding carboxylic acids is 1. The van der Waals surface area contributed by atoms with Crippen molar-refractivity contribution in [3.05, 3.63) is 54.1 Å². The molecule has 0 bridgehead atoms. The number of thioether (sulfide) groups is 1. The van der Waals surface area contributed by atoms with Gasteiger partial charge in [-0.15, -0.1) is 11.8 Å². The number of amides is 1. The maximum atomic E-state index is 12.2. The molecule has 0 radical (unpaired) electrons. The van der Waals surface area contributed by atoms with Gasteiger partial charge >= 0.3 is 0 Å². The van der Waals surface area contributed by atoms with Crippen LogP contribution in [0.15, 0.2) is 58.4 Å². The lowest BCUT2D eigenvalue weighted by Crippen LogP contribution is -2.16. The molecule has 0 saturated carbocycles. The summed E-state index contributed by atoms with van der Waals surface area (Å²) >= 11 is 1.88. The SMILES string of the molecule is COc1ccc(NC(=O)CC(C)=N[C@H]2CCSc3ccccc32)cc1. The number of anilines is 1. The largest absolute Gasteiger partial charge is 0.497 e.